The molecule has 0 aliphatic rings. The number of carbonyl (C=O) groups excluding carboxylic acids is 3. The summed E-state index contributed by atoms with van der Waals surface area (Å²) in [5.74, 6) is -0.601. The molecule has 0 amide bonds. The van der Waals surface area contributed by atoms with Crippen LogP contribution in [0.2, 0.25) is 0 Å². The Labute approximate surface area is 645 Å². The molecule has 0 spiro atoms. The third kappa shape index (κ3) is 81.1. The smallest absolute Gasteiger partial charge is 0.307 e. The molecular formula is C93H186N4O6. The summed E-state index contributed by atoms with van der Waals surface area (Å²) in [4.78, 5) is 50.4. The third-order valence-corrected chi connectivity index (χ3v) is 22.3. The molecule has 0 rings (SSSR count). The van der Waals surface area contributed by atoms with Crippen LogP contribution in [0.15, 0.2) is 0 Å². The van der Waals surface area contributed by atoms with Crippen LogP contribution < -0.4 is 0 Å². The van der Waals surface area contributed by atoms with Gasteiger partial charge >= 0.3 is 17.9 Å². The van der Waals surface area contributed by atoms with E-state index < -0.39 is 0 Å². The van der Waals surface area contributed by atoms with Gasteiger partial charge < -0.3 is 33.8 Å². The van der Waals surface area contributed by atoms with Crippen molar-refractivity contribution >= 4 is 17.9 Å². The van der Waals surface area contributed by atoms with Crippen LogP contribution in [-0.2, 0) is 28.6 Å². The standard InChI is InChI=1S/C93H186N4O6/c1-7-13-19-25-31-37-43-49-55-61-76-94(77-62-56-50-44-38-32-26-20-14-8-2)82-67-70-88-101-91(98)73-85-97(86-74-92(99)102-89-71-68-83-95(78-63-57-51-45-39-33-27-21-15-9-3)79-64-58-52-46-40-34-28-22-16-10-4)87-75-93(100)103-90-72-69-84-96(80-65-59-53-47-41-35-29-23-17-11-5)81-66-60-54-48-42-36-30-24-18-12-6/h7-90H2,1-6H3. The van der Waals surface area contributed by atoms with Crippen molar-refractivity contribution in [3.05, 3.63) is 0 Å². The number of carbonyl (C=O) groups is 3. The quantitative estimate of drug-likeness (QED) is 0.0333. The Balaban J connectivity index is 5.58. The highest BCUT2D eigenvalue weighted by Gasteiger charge is 2.17. The zero-order valence-corrected chi connectivity index (χ0v) is 71.1. The molecule has 0 heterocycles. The van der Waals surface area contributed by atoms with Gasteiger partial charge in [0.05, 0.1) is 39.1 Å². The fourth-order valence-corrected chi connectivity index (χ4v) is 15.1. The number of ether oxygens (including phenoxy) is 3. The zero-order chi connectivity index (χ0) is 74.6. The predicted octanol–water partition coefficient (Wildman–Crippen LogP) is 27.9. The van der Waals surface area contributed by atoms with E-state index in [4.69, 9.17) is 14.2 Å². The summed E-state index contributed by atoms with van der Waals surface area (Å²) in [5, 5.41) is 0. The van der Waals surface area contributed by atoms with E-state index in [1.54, 1.807) is 0 Å². The van der Waals surface area contributed by atoms with E-state index >= 15 is 0 Å². The van der Waals surface area contributed by atoms with Gasteiger partial charge in [0.2, 0.25) is 0 Å². The van der Waals surface area contributed by atoms with Gasteiger partial charge in [-0.2, -0.15) is 0 Å². The Kier molecular flexibility index (Phi) is 86.0. The van der Waals surface area contributed by atoms with Crippen LogP contribution in [0.25, 0.3) is 0 Å². The molecule has 0 fully saturated rings. The first-order valence-electron chi connectivity index (χ1n) is 47.2. The molecule has 614 valence electrons. The van der Waals surface area contributed by atoms with Crippen LogP contribution in [0.1, 0.15) is 485 Å². The lowest BCUT2D eigenvalue weighted by molar-refractivity contribution is -0.144. The van der Waals surface area contributed by atoms with E-state index in [-0.39, 0.29) is 37.2 Å². The van der Waals surface area contributed by atoms with E-state index in [0.29, 0.717) is 39.5 Å². The first-order valence-corrected chi connectivity index (χ1v) is 47.2. The normalized spacial score (nSPS) is 11.8. The van der Waals surface area contributed by atoms with Crippen molar-refractivity contribution in [1.29, 1.82) is 0 Å². The SMILES string of the molecule is CCCCCCCCCCCCN(CCCCCCCCCCCC)CCCCOC(=O)CCN(CCC(=O)OCCCCN(CCCCCCCCCCCC)CCCCCCCCCCCC)CCC(=O)OCCCCN(CCCCCCCCCCCC)CCCCCCCCCCCC. The summed E-state index contributed by atoms with van der Waals surface area (Å²) in [5.41, 5.74) is 0. The Morgan fingerprint density at radius 2 is 0.272 bits per heavy atom. The number of nitrogens with zero attached hydrogens (tertiary/aromatic N) is 4. The minimum Gasteiger partial charge on any atom is -0.466 e. The van der Waals surface area contributed by atoms with Crippen molar-refractivity contribution in [2.75, 3.05) is 98.4 Å². The van der Waals surface area contributed by atoms with Gasteiger partial charge in [0.1, 0.15) is 0 Å². The molecule has 0 saturated carbocycles. The average Bonchev–Trinajstić information content (AvgIpc) is 3.00. The summed E-state index contributed by atoms with van der Waals surface area (Å²) < 4.78 is 17.7. The molecule has 10 heteroatoms. The highest BCUT2D eigenvalue weighted by atomic mass is 16.5. The van der Waals surface area contributed by atoms with Gasteiger partial charge in [0.15, 0.2) is 0 Å². The molecule has 0 N–H and O–H groups in total. The van der Waals surface area contributed by atoms with E-state index in [9.17, 15) is 14.4 Å². The van der Waals surface area contributed by atoms with Crippen molar-refractivity contribution < 1.29 is 28.6 Å². The minimum atomic E-state index is -0.200. The van der Waals surface area contributed by atoms with Gasteiger partial charge in [0.25, 0.3) is 0 Å². The molecule has 0 aromatic carbocycles. The van der Waals surface area contributed by atoms with Crippen LogP contribution in [-0.4, -0.2) is 136 Å². The summed E-state index contributed by atoms with van der Waals surface area (Å²) in [6.07, 6.45) is 88.3. The van der Waals surface area contributed by atoms with Gasteiger partial charge in [-0.3, -0.25) is 14.4 Å². The predicted molar refractivity (Wildman–Crippen MR) is 451 cm³/mol. The number of hydrogen-bond donors (Lipinski definition) is 0. The number of rotatable bonds is 90. The Hall–Kier alpha value is -1.75. The second-order valence-corrected chi connectivity index (χ2v) is 32.5. The summed E-state index contributed by atoms with van der Waals surface area (Å²) in [7, 11) is 0. The van der Waals surface area contributed by atoms with Gasteiger partial charge in [-0.25, -0.2) is 0 Å². The Morgan fingerprint density at radius 3 is 0.417 bits per heavy atom. The summed E-state index contributed by atoms with van der Waals surface area (Å²) >= 11 is 0. The van der Waals surface area contributed by atoms with Gasteiger partial charge in [-0.05, 0) is 136 Å². The molecule has 0 atom stereocenters. The maximum atomic E-state index is 13.4. The van der Waals surface area contributed by atoms with E-state index in [1.807, 2.05) is 0 Å². The highest BCUT2D eigenvalue weighted by Crippen LogP contribution is 2.19. The number of unbranched alkanes of at least 4 members (excludes halogenated alkanes) is 57. The molecule has 0 bridgehead atoms. The summed E-state index contributed by atoms with van der Waals surface area (Å²) in [6, 6.07) is 0. The van der Waals surface area contributed by atoms with Crippen LogP contribution in [0.4, 0.5) is 0 Å². The van der Waals surface area contributed by atoms with Crippen LogP contribution >= 0.6 is 0 Å². The van der Waals surface area contributed by atoms with Crippen molar-refractivity contribution in [1.82, 2.24) is 19.6 Å². The van der Waals surface area contributed by atoms with Crippen molar-refractivity contribution in [3.8, 4) is 0 Å². The highest BCUT2D eigenvalue weighted by molar-refractivity contribution is 5.71. The molecular weight excluding hydrogens is 1270 g/mol. The lowest BCUT2D eigenvalue weighted by Gasteiger charge is -2.23. The second kappa shape index (κ2) is 87.5. The lowest BCUT2D eigenvalue weighted by Crippen LogP contribution is -2.32. The fourth-order valence-electron chi connectivity index (χ4n) is 15.1. The van der Waals surface area contributed by atoms with Gasteiger partial charge in [-0.15, -0.1) is 0 Å². The fraction of sp³-hybridized carbons (Fsp3) is 0.968. The average molecular weight is 1460 g/mol. The molecule has 0 aliphatic heterocycles. The van der Waals surface area contributed by atoms with Crippen LogP contribution in [0.5, 0.6) is 0 Å². The molecule has 103 heavy (non-hydrogen) atoms. The minimum absolute atomic E-state index is 0.200. The number of esters is 3. The maximum Gasteiger partial charge on any atom is 0.307 e. The Morgan fingerprint density at radius 1 is 0.155 bits per heavy atom. The molecule has 10 nitrogen and oxygen atoms in total. The van der Waals surface area contributed by atoms with Gasteiger partial charge in [0, 0.05) is 19.6 Å². The lowest BCUT2D eigenvalue weighted by atomic mass is 10.1. The molecule has 0 unspecified atom stereocenters. The largest absolute Gasteiger partial charge is 0.466 e. The Bertz CT molecular complexity index is 1400. The molecule has 0 aliphatic carbocycles. The van der Waals surface area contributed by atoms with Crippen molar-refractivity contribution in [2.24, 2.45) is 0 Å². The van der Waals surface area contributed by atoms with E-state index in [1.165, 1.54) is 425 Å². The van der Waals surface area contributed by atoms with E-state index in [2.05, 4.69) is 61.1 Å². The first kappa shape index (κ1) is 101. The summed E-state index contributed by atoms with van der Waals surface area (Å²) in [6.45, 7) is 26.7. The first-order chi connectivity index (χ1) is 50.8. The number of hydrogen-bond acceptors (Lipinski definition) is 10. The van der Waals surface area contributed by atoms with Gasteiger partial charge in [-0.1, -0.05) is 388 Å². The molecule has 0 radical (unpaired) electrons. The van der Waals surface area contributed by atoms with Crippen LogP contribution in [0.3, 0.4) is 0 Å². The maximum absolute atomic E-state index is 13.4. The van der Waals surface area contributed by atoms with E-state index in [0.717, 1.165) is 58.2 Å². The molecule has 0 aromatic rings. The third-order valence-electron chi connectivity index (χ3n) is 22.3. The van der Waals surface area contributed by atoms with Crippen molar-refractivity contribution in [3.63, 3.8) is 0 Å². The van der Waals surface area contributed by atoms with Crippen molar-refractivity contribution in [2.45, 2.75) is 485 Å². The second-order valence-electron chi connectivity index (χ2n) is 32.5. The molecule has 0 saturated heterocycles. The monoisotopic (exact) mass is 1460 g/mol. The zero-order valence-electron chi connectivity index (χ0n) is 71.1. The van der Waals surface area contributed by atoms with Crippen LogP contribution in [0, 0.1) is 0 Å². The molecule has 0 aromatic heterocycles. The topological polar surface area (TPSA) is 91.9 Å².